The van der Waals surface area contributed by atoms with Gasteiger partial charge in [-0.05, 0) is 26.7 Å². The standard InChI is InChI=1S/C17H23N5O2/c1-10-11(2)22-13-14(19(3)17(24)20(4)15(13)23)18-16(22)21(10)12-8-6-5-7-9-12/h12H,5-9H2,1-4H3. The van der Waals surface area contributed by atoms with Crippen LogP contribution in [-0.2, 0) is 14.1 Å². The lowest BCUT2D eigenvalue weighted by Crippen LogP contribution is -2.37. The van der Waals surface area contributed by atoms with Crippen molar-refractivity contribution in [1.82, 2.24) is 23.1 Å². The van der Waals surface area contributed by atoms with Crippen molar-refractivity contribution in [1.29, 1.82) is 0 Å². The molecular weight excluding hydrogens is 306 g/mol. The monoisotopic (exact) mass is 329 g/mol. The third-order valence-electron chi connectivity index (χ3n) is 5.62. The van der Waals surface area contributed by atoms with Gasteiger partial charge in [-0.25, -0.2) is 4.79 Å². The summed E-state index contributed by atoms with van der Waals surface area (Å²) in [4.78, 5) is 29.6. The average molecular weight is 329 g/mol. The van der Waals surface area contributed by atoms with E-state index in [0.29, 0.717) is 17.2 Å². The number of hydrogen-bond acceptors (Lipinski definition) is 3. The molecule has 0 amide bonds. The van der Waals surface area contributed by atoms with E-state index in [1.807, 2.05) is 11.3 Å². The van der Waals surface area contributed by atoms with E-state index in [1.165, 1.54) is 30.9 Å². The van der Waals surface area contributed by atoms with Gasteiger partial charge in [-0.15, -0.1) is 0 Å². The van der Waals surface area contributed by atoms with E-state index in [2.05, 4.69) is 11.5 Å². The minimum absolute atomic E-state index is 0.288. The van der Waals surface area contributed by atoms with Gasteiger partial charge in [0.1, 0.15) is 0 Å². The molecule has 7 nitrogen and oxygen atoms in total. The van der Waals surface area contributed by atoms with Crippen molar-refractivity contribution in [3.63, 3.8) is 0 Å². The largest absolute Gasteiger partial charge is 0.332 e. The molecule has 0 N–H and O–H groups in total. The highest BCUT2D eigenvalue weighted by atomic mass is 16.2. The summed E-state index contributed by atoms with van der Waals surface area (Å²) in [6.07, 6.45) is 6.04. The Balaban J connectivity index is 2.16. The Hall–Kier alpha value is -2.31. The Kier molecular flexibility index (Phi) is 3.23. The van der Waals surface area contributed by atoms with E-state index in [0.717, 1.165) is 34.6 Å². The normalized spacial score (nSPS) is 16.5. The SMILES string of the molecule is Cc1c(C)n2c3c(=O)n(C)c(=O)n(C)c3nc2n1C1CCCCC1. The molecule has 3 aromatic rings. The van der Waals surface area contributed by atoms with Crippen molar-refractivity contribution in [3.8, 4) is 0 Å². The number of rotatable bonds is 1. The van der Waals surface area contributed by atoms with Gasteiger partial charge < -0.3 is 4.57 Å². The summed E-state index contributed by atoms with van der Waals surface area (Å²) in [5.74, 6) is 0.783. The Morgan fingerprint density at radius 2 is 1.62 bits per heavy atom. The van der Waals surface area contributed by atoms with Gasteiger partial charge in [0, 0.05) is 31.5 Å². The molecule has 0 unspecified atom stereocenters. The molecule has 24 heavy (non-hydrogen) atoms. The van der Waals surface area contributed by atoms with Crippen LogP contribution in [0.3, 0.4) is 0 Å². The lowest BCUT2D eigenvalue weighted by Gasteiger charge is -2.24. The Morgan fingerprint density at radius 1 is 0.958 bits per heavy atom. The second-order valence-corrected chi connectivity index (χ2v) is 6.96. The number of aryl methyl sites for hydroxylation is 2. The molecule has 0 bridgehead atoms. The van der Waals surface area contributed by atoms with Gasteiger partial charge >= 0.3 is 5.69 Å². The summed E-state index contributed by atoms with van der Waals surface area (Å²) in [6, 6.07) is 0.424. The first-order valence-corrected chi connectivity index (χ1v) is 8.59. The molecule has 1 aliphatic carbocycles. The number of nitrogens with zero attached hydrogens (tertiary/aromatic N) is 5. The van der Waals surface area contributed by atoms with Crippen LogP contribution in [0.5, 0.6) is 0 Å². The van der Waals surface area contributed by atoms with Gasteiger partial charge in [-0.2, -0.15) is 4.98 Å². The van der Waals surface area contributed by atoms with Gasteiger partial charge in [-0.3, -0.25) is 18.3 Å². The lowest BCUT2D eigenvalue weighted by molar-refractivity contribution is 0.355. The van der Waals surface area contributed by atoms with Gasteiger partial charge in [0.05, 0.1) is 0 Å². The van der Waals surface area contributed by atoms with Gasteiger partial charge in [0.25, 0.3) is 5.56 Å². The summed E-state index contributed by atoms with van der Waals surface area (Å²) in [6.45, 7) is 4.12. The fourth-order valence-corrected chi connectivity index (χ4v) is 4.13. The third kappa shape index (κ3) is 1.81. The number of hydrogen-bond donors (Lipinski definition) is 0. The summed E-state index contributed by atoms with van der Waals surface area (Å²) < 4.78 is 6.83. The molecule has 1 fully saturated rings. The topological polar surface area (TPSA) is 66.2 Å². The predicted molar refractivity (Wildman–Crippen MR) is 92.8 cm³/mol. The van der Waals surface area contributed by atoms with Crippen molar-refractivity contribution in [3.05, 3.63) is 32.2 Å². The summed E-state index contributed by atoms with van der Waals surface area (Å²) >= 11 is 0. The highest BCUT2D eigenvalue weighted by molar-refractivity contribution is 5.76. The zero-order valence-corrected chi connectivity index (χ0v) is 14.7. The predicted octanol–water partition coefficient (Wildman–Crippen LogP) is 1.81. The maximum absolute atomic E-state index is 12.7. The molecule has 128 valence electrons. The van der Waals surface area contributed by atoms with Crippen molar-refractivity contribution < 1.29 is 0 Å². The molecule has 3 heterocycles. The molecule has 1 aliphatic rings. The maximum Gasteiger partial charge on any atom is 0.332 e. The summed E-state index contributed by atoms with van der Waals surface area (Å²) in [5.41, 5.74) is 2.50. The van der Waals surface area contributed by atoms with Gasteiger partial charge in [0.2, 0.25) is 5.78 Å². The second kappa shape index (κ2) is 5.09. The number of aromatic nitrogens is 5. The fourth-order valence-electron chi connectivity index (χ4n) is 4.13. The first-order valence-electron chi connectivity index (χ1n) is 8.59. The van der Waals surface area contributed by atoms with Crippen LogP contribution in [0.2, 0.25) is 0 Å². The zero-order valence-electron chi connectivity index (χ0n) is 14.7. The highest BCUT2D eigenvalue weighted by Crippen LogP contribution is 2.33. The van der Waals surface area contributed by atoms with E-state index < -0.39 is 0 Å². The molecule has 0 atom stereocenters. The first kappa shape index (κ1) is 15.2. The van der Waals surface area contributed by atoms with E-state index in [9.17, 15) is 9.59 Å². The molecule has 4 rings (SSSR count). The maximum atomic E-state index is 12.7. The molecule has 0 saturated heterocycles. The first-order chi connectivity index (χ1) is 11.4. The van der Waals surface area contributed by atoms with Gasteiger partial charge in [0.15, 0.2) is 11.2 Å². The third-order valence-corrected chi connectivity index (χ3v) is 5.62. The number of imidazole rings is 2. The van der Waals surface area contributed by atoms with Crippen molar-refractivity contribution >= 4 is 16.9 Å². The Morgan fingerprint density at radius 3 is 2.29 bits per heavy atom. The smallest absolute Gasteiger partial charge is 0.311 e. The van der Waals surface area contributed by atoms with Crippen molar-refractivity contribution in [2.45, 2.75) is 52.0 Å². The minimum Gasteiger partial charge on any atom is -0.311 e. The van der Waals surface area contributed by atoms with Crippen molar-refractivity contribution in [2.24, 2.45) is 14.1 Å². The fraction of sp³-hybridized carbons (Fsp3) is 0.588. The van der Waals surface area contributed by atoms with Crippen LogP contribution in [0.25, 0.3) is 16.9 Å². The lowest BCUT2D eigenvalue weighted by atomic mass is 9.95. The quantitative estimate of drug-likeness (QED) is 0.684. The van der Waals surface area contributed by atoms with Crippen molar-refractivity contribution in [2.75, 3.05) is 0 Å². The van der Waals surface area contributed by atoms with E-state index >= 15 is 0 Å². The molecule has 3 aromatic heterocycles. The highest BCUT2D eigenvalue weighted by Gasteiger charge is 2.26. The van der Waals surface area contributed by atoms with Crippen LogP contribution in [0, 0.1) is 13.8 Å². The number of fused-ring (bicyclic) bond motifs is 3. The molecule has 0 spiro atoms. The summed E-state index contributed by atoms with van der Waals surface area (Å²) in [7, 11) is 3.19. The minimum atomic E-state index is -0.341. The molecule has 0 aromatic carbocycles. The molecule has 1 saturated carbocycles. The molecule has 0 radical (unpaired) electrons. The van der Waals surface area contributed by atoms with Gasteiger partial charge in [-0.1, -0.05) is 19.3 Å². The summed E-state index contributed by atoms with van der Waals surface area (Å²) in [5, 5.41) is 0. The molecule has 0 aliphatic heterocycles. The molecule has 7 heteroatoms. The molecular formula is C17H23N5O2. The van der Waals surface area contributed by atoms with E-state index in [-0.39, 0.29) is 11.2 Å². The van der Waals surface area contributed by atoms with Crippen LogP contribution in [0.15, 0.2) is 9.59 Å². The Labute approximate surface area is 139 Å². The second-order valence-electron chi connectivity index (χ2n) is 6.96. The van der Waals surface area contributed by atoms with Crippen LogP contribution >= 0.6 is 0 Å². The van der Waals surface area contributed by atoms with E-state index in [1.54, 1.807) is 7.05 Å². The average Bonchev–Trinajstić information content (AvgIpc) is 3.08. The van der Waals surface area contributed by atoms with Crippen LogP contribution in [0.4, 0.5) is 0 Å². The van der Waals surface area contributed by atoms with Crippen LogP contribution in [-0.4, -0.2) is 23.1 Å². The zero-order chi connectivity index (χ0) is 17.2. The van der Waals surface area contributed by atoms with Crippen LogP contribution < -0.4 is 11.2 Å². The Bertz CT molecular complexity index is 1070. The van der Waals surface area contributed by atoms with E-state index in [4.69, 9.17) is 4.98 Å². The van der Waals surface area contributed by atoms with Crippen LogP contribution in [0.1, 0.15) is 49.5 Å².